The SMILES string of the molecule is Cc1ccc(S(=O)(=O)N2CCC(C(=O)O[C@@H](C(=O)N3CCCCC3)c3ccccc3)CC2)cc1C. The largest absolute Gasteiger partial charge is 0.447 e. The van der Waals surface area contributed by atoms with Crippen molar-refractivity contribution in [2.24, 2.45) is 5.92 Å². The molecule has 0 unspecified atom stereocenters. The van der Waals surface area contributed by atoms with Crippen molar-refractivity contribution >= 4 is 21.9 Å². The number of amides is 1. The maximum atomic E-state index is 13.3. The summed E-state index contributed by atoms with van der Waals surface area (Å²) in [6.07, 6.45) is 2.76. The van der Waals surface area contributed by atoms with Crippen LogP contribution in [0.15, 0.2) is 53.4 Å². The highest BCUT2D eigenvalue weighted by atomic mass is 32.2. The number of rotatable bonds is 6. The van der Waals surface area contributed by atoms with Gasteiger partial charge in [-0.1, -0.05) is 36.4 Å². The molecule has 8 heteroatoms. The van der Waals surface area contributed by atoms with E-state index in [1.54, 1.807) is 29.2 Å². The fourth-order valence-corrected chi connectivity index (χ4v) is 6.29. The van der Waals surface area contributed by atoms with Gasteiger partial charge in [0.25, 0.3) is 5.91 Å². The van der Waals surface area contributed by atoms with Crippen LogP contribution in [0.2, 0.25) is 0 Å². The summed E-state index contributed by atoms with van der Waals surface area (Å²) in [6, 6.07) is 14.3. The molecule has 188 valence electrons. The first kappa shape index (κ1) is 25.4. The lowest BCUT2D eigenvalue weighted by molar-refractivity contribution is -0.165. The van der Waals surface area contributed by atoms with Crippen molar-refractivity contribution < 1.29 is 22.7 Å². The average Bonchev–Trinajstić information content (AvgIpc) is 2.89. The Kier molecular flexibility index (Phi) is 7.91. The highest BCUT2D eigenvalue weighted by molar-refractivity contribution is 7.89. The Hall–Kier alpha value is -2.71. The topological polar surface area (TPSA) is 84.0 Å². The van der Waals surface area contributed by atoms with Gasteiger partial charge in [0, 0.05) is 31.7 Å². The second-order valence-corrected chi connectivity index (χ2v) is 11.5. The number of benzene rings is 2. The molecule has 1 atom stereocenters. The van der Waals surface area contributed by atoms with Crippen molar-refractivity contribution in [2.45, 2.75) is 57.0 Å². The van der Waals surface area contributed by atoms with Crippen LogP contribution >= 0.6 is 0 Å². The number of aryl methyl sites for hydroxylation is 2. The summed E-state index contributed by atoms with van der Waals surface area (Å²) < 4.78 is 33.5. The number of sulfonamides is 1. The van der Waals surface area contributed by atoms with Crippen LogP contribution in [-0.4, -0.2) is 55.7 Å². The number of ether oxygens (including phenoxy) is 1. The molecule has 0 aliphatic carbocycles. The molecule has 2 aliphatic rings. The van der Waals surface area contributed by atoms with E-state index < -0.39 is 28.0 Å². The Balaban J connectivity index is 1.42. The molecule has 4 rings (SSSR count). The standard InChI is InChI=1S/C27H34N2O5S/c1-20-11-12-24(19-21(20)2)35(32,33)29-17-13-23(14-18-29)27(31)34-25(22-9-5-3-6-10-22)26(30)28-15-7-4-8-16-28/h3,5-6,9-12,19,23,25H,4,7-8,13-18H2,1-2H3/t25-/m1/s1. The highest BCUT2D eigenvalue weighted by Gasteiger charge is 2.36. The van der Waals surface area contributed by atoms with Crippen LogP contribution in [0.25, 0.3) is 0 Å². The van der Waals surface area contributed by atoms with E-state index in [0.29, 0.717) is 31.5 Å². The summed E-state index contributed by atoms with van der Waals surface area (Å²) >= 11 is 0. The summed E-state index contributed by atoms with van der Waals surface area (Å²) in [5.74, 6) is -1.06. The third-order valence-corrected chi connectivity index (χ3v) is 9.03. The third kappa shape index (κ3) is 5.76. The van der Waals surface area contributed by atoms with Gasteiger partial charge < -0.3 is 9.64 Å². The molecule has 0 aromatic heterocycles. The predicted octanol–water partition coefficient (Wildman–Crippen LogP) is 4.00. The average molecular weight is 499 g/mol. The van der Waals surface area contributed by atoms with E-state index in [-0.39, 0.29) is 23.9 Å². The van der Waals surface area contributed by atoms with E-state index >= 15 is 0 Å². The summed E-state index contributed by atoms with van der Waals surface area (Å²) in [7, 11) is -3.62. The third-order valence-electron chi connectivity index (χ3n) is 7.13. The molecule has 0 saturated carbocycles. The molecule has 1 amide bonds. The zero-order valence-corrected chi connectivity index (χ0v) is 21.3. The van der Waals surface area contributed by atoms with E-state index in [4.69, 9.17) is 4.74 Å². The molecular weight excluding hydrogens is 464 g/mol. The number of carbonyl (C=O) groups is 2. The summed E-state index contributed by atoms with van der Waals surface area (Å²) in [5.41, 5.74) is 2.62. The summed E-state index contributed by atoms with van der Waals surface area (Å²) in [4.78, 5) is 28.4. The van der Waals surface area contributed by atoms with Gasteiger partial charge in [-0.05, 0) is 69.2 Å². The lowest BCUT2D eigenvalue weighted by Crippen LogP contribution is -2.43. The molecule has 2 aromatic rings. The monoisotopic (exact) mass is 498 g/mol. The number of nitrogens with zero attached hydrogens (tertiary/aromatic N) is 2. The number of hydrogen-bond acceptors (Lipinski definition) is 5. The van der Waals surface area contributed by atoms with Gasteiger partial charge in [-0.15, -0.1) is 0 Å². The zero-order valence-electron chi connectivity index (χ0n) is 20.5. The summed E-state index contributed by atoms with van der Waals surface area (Å²) in [5, 5.41) is 0. The van der Waals surface area contributed by atoms with Crippen molar-refractivity contribution in [3.05, 3.63) is 65.2 Å². The maximum Gasteiger partial charge on any atom is 0.310 e. The van der Waals surface area contributed by atoms with Gasteiger partial charge in [0.15, 0.2) is 0 Å². The van der Waals surface area contributed by atoms with Crippen LogP contribution in [0.4, 0.5) is 0 Å². The Morgan fingerprint density at radius 3 is 2.17 bits per heavy atom. The molecule has 2 saturated heterocycles. The molecule has 0 N–H and O–H groups in total. The second kappa shape index (κ2) is 10.9. The minimum atomic E-state index is -3.62. The van der Waals surface area contributed by atoms with Gasteiger partial charge in [-0.25, -0.2) is 8.42 Å². The van der Waals surface area contributed by atoms with Crippen molar-refractivity contribution in [1.29, 1.82) is 0 Å². The molecule has 7 nitrogen and oxygen atoms in total. The van der Waals surface area contributed by atoms with E-state index in [9.17, 15) is 18.0 Å². The van der Waals surface area contributed by atoms with Gasteiger partial charge in [0.2, 0.25) is 16.1 Å². The van der Waals surface area contributed by atoms with Gasteiger partial charge in [-0.2, -0.15) is 4.31 Å². The molecule has 0 bridgehead atoms. The quantitative estimate of drug-likeness (QED) is 0.562. The van der Waals surface area contributed by atoms with Crippen molar-refractivity contribution in [2.75, 3.05) is 26.2 Å². The number of piperidine rings is 2. The van der Waals surface area contributed by atoms with Crippen molar-refractivity contribution in [3.63, 3.8) is 0 Å². The number of hydrogen-bond donors (Lipinski definition) is 0. The van der Waals surface area contributed by atoms with Gasteiger partial charge in [0.05, 0.1) is 10.8 Å². The van der Waals surface area contributed by atoms with E-state index in [1.165, 1.54) is 4.31 Å². The fraction of sp³-hybridized carbons (Fsp3) is 0.481. The normalized spacial score (nSPS) is 18.7. The molecule has 2 aliphatic heterocycles. The smallest absolute Gasteiger partial charge is 0.310 e. The fourth-order valence-electron chi connectivity index (χ4n) is 4.74. The number of esters is 1. The van der Waals surface area contributed by atoms with Crippen molar-refractivity contribution in [1.82, 2.24) is 9.21 Å². The van der Waals surface area contributed by atoms with Crippen LogP contribution in [0.1, 0.15) is 54.9 Å². The molecule has 2 heterocycles. The van der Waals surface area contributed by atoms with Gasteiger partial charge >= 0.3 is 5.97 Å². The minimum absolute atomic E-state index is 0.181. The Labute approximate surface area is 208 Å². The van der Waals surface area contributed by atoms with Gasteiger partial charge in [-0.3, -0.25) is 9.59 Å². The lowest BCUT2D eigenvalue weighted by atomic mass is 9.98. The number of carbonyl (C=O) groups excluding carboxylic acids is 2. The lowest BCUT2D eigenvalue weighted by Gasteiger charge is -2.33. The molecule has 0 radical (unpaired) electrons. The van der Waals surface area contributed by atoms with Gasteiger partial charge in [0.1, 0.15) is 0 Å². The first-order valence-electron chi connectivity index (χ1n) is 12.4. The molecule has 2 aromatic carbocycles. The van der Waals surface area contributed by atoms with Crippen LogP contribution in [0.5, 0.6) is 0 Å². The zero-order chi connectivity index (χ0) is 25.0. The van der Waals surface area contributed by atoms with E-state index in [2.05, 4.69) is 0 Å². The van der Waals surface area contributed by atoms with Crippen LogP contribution < -0.4 is 0 Å². The molecule has 2 fully saturated rings. The van der Waals surface area contributed by atoms with Crippen LogP contribution in [0.3, 0.4) is 0 Å². The Morgan fingerprint density at radius 1 is 0.886 bits per heavy atom. The maximum absolute atomic E-state index is 13.3. The second-order valence-electron chi connectivity index (χ2n) is 9.54. The first-order chi connectivity index (χ1) is 16.8. The Bertz CT molecular complexity index is 1150. The van der Waals surface area contributed by atoms with E-state index in [0.717, 1.165) is 30.4 Å². The highest BCUT2D eigenvalue weighted by Crippen LogP contribution is 2.29. The van der Waals surface area contributed by atoms with E-state index in [1.807, 2.05) is 38.1 Å². The number of likely N-dealkylation sites (tertiary alicyclic amines) is 1. The van der Waals surface area contributed by atoms with Crippen molar-refractivity contribution in [3.8, 4) is 0 Å². The Morgan fingerprint density at radius 2 is 1.54 bits per heavy atom. The molecule has 0 spiro atoms. The minimum Gasteiger partial charge on any atom is -0.447 e. The first-order valence-corrected chi connectivity index (χ1v) is 13.8. The predicted molar refractivity (Wildman–Crippen MR) is 133 cm³/mol. The molecular formula is C27H34N2O5S. The summed E-state index contributed by atoms with van der Waals surface area (Å²) in [6.45, 7) is 5.67. The van der Waals surface area contributed by atoms with Crippen LogP contribution in [0, 0.1) is 19.8 Å². The van der Waals surface area contributed by atoms with Crippen LogP contribution in [-0.2, 0) is 24.3 Å². The molecule has 35 heavy (non-hydrogen) atoms.